The lowest BCUT2D eigenvalue weighted by molar-refractivity contribution is 0.263. The second-order valence-corrected chi connectivity index (χ2v) is 6.52. The molecule has 0 fully saturated rings. The monoisotopic (exact) mass is 287 g/mol. The zero-order valence-corrected chi connectivity index (χ0v) is 13.6. The molecule has 21 heavy (non-hydrogen) atoms. The minimum Gasteiger partial charge on any atom is -0.486 e. The summed E-state index contributed by atoms with van der Waals surface area (Å²) in [5, 5.41) is 3.44. The molecule has 0 atom stereocenters. The number of furan rings is 1. The third-order valence-corrected chi connectivity index (χ3v) is 3.25. The molecule has 0 saturated carbocycles. The third kappa shape index (κ3) is 4.94. The zero-order valence-electron chi connectivity index (χ0n) is 13.6. The van der Waals surface area contributed by atoms with E-state index in [1.54, 1.807) is 0 Å². The van der Waals surface area contributed by atoms with Crippen molar-refractivity contribution in [3.05, 3.63) is 53.0 Å². The van der Waals surface area contributed by atoms with Gasteiger partial charge in [0.25, 0.3) is 0 Å². The Bertz CT molecular complexity index is 576. The summed E-state index contributed by atoms with van der Waals surface area (Å²) in [6.45, 7) is 11.8. The highest BCUT2D eigenvalue weighted by molar-refractivity contribution is 5.27. The van der Waals surface area contributed by atoms with Gasteiger partial charge in [-0.25, -0.2) is 0 Å². The number of benzene rings is 1. The Balaban J connectivity index is 1.94. The highest BCUT2D eigenvalue weighted by Gasteiger charge is 2.13. The van der Waals surface area contributed by atoms with Crippen LogP contribution in [0.2, 0.25) is 0 Å². The van der Waals surface area contributed by atoms with Crippen molar-refractivity contribution in [3.8, 4) is 5.75 Å². The lowest BCUT2D eigenvalue weighted by Gasteiger charge is -2.19. The number of ether oxygens (including phenoxy) is 1. The standard InChI is InChI=1S/C18H25NO2/c1-13-6-8-15(9-7-13)20-12-16-10-14(2)17(21-16)11-19-18(3,4)5/h6-10,19H,11-12H2,1-5H3. The van der Waals surface area contributed by atoms with Gasteiger partial charge in [-0.15, -0.1) is 0 Å². The zero-order chi connectivity index (χ0) is 15.5. The maximum Gasteiger partial charge on any atom is 0.146 e. The molecule has 1 heterocycles. The number of hydrogen-bond acceptors (Lipinski definition) is 3. The molecule has 2 aromatic rings. The van der Waals surface area contributed by atoms with Crippen LogP contribution in [0.4, 0.5) is 0 Å². The van der Waals surface area contributed by atoms with Crippen molar-refractivity contribution < 1.29 is 9.15 Å². The SMILES string of the molecule is Cc1ccc(OCc2cc(C)c(CNC(C)(C)C)o2)cc1. The Labute approximate surface area is 127 Å². The van der Waals surface area contributed by atoms with Crippen molar-refractivity contribution in [2.45, 2.75) is 53.3 Å². The summed E-state index contributed by atoms with van der Waals surface area (Å²) in [5.41, 5.74) is 2.47. The Morgan fingerprint density at radius 1 is 1.10 bits per heavy atom. The molecule has 0 aliphatic heterocycles. The molecule has 1 aromatic heterocycles. The van der Waals surface area contributed by atoms with Crippen molar-refractivity contribution >= 4 is 0 Å². The van der Waals surface area contributed by atoms with Gasteiger partial charge in [0.2, 0.25) is 0 Å². The van der Waals surface area contributed by atoms with Gasteiger partial charge in [0, 0.05) is 5.54 Å². The Morgan fingerprint density at radius 2 is 1.76 bits per heavy atom. The first kappa shape index (κ1) is 15.6. The molecule has 3 nitrogen and oxygen atoms in total. The Morgan fingerprint density at radius 3 is 2.38 bits per heavy atom. The van der Waals surface area contributed by atoms with Gasteiger partial charge in [0.15, 0.2) is 0 Å². The van der Waals surface area contributed by atoms with Crippen molar-refractivity contribution in [1.82, 2.24) is 5.32 Å². The molecule has 114 valence electrons. The van der Waals surface area contributed by atoms with E-state index >= 15 is 0 Å². The van der Waals surface area contributed by atoms with Crippen LogP contribution in [0.5, 0.6) is 5.75 Å². The molecule has 0 aliphatic rings. The smallest absolute Gasteiger partial charge is 0.146 e. The predicted octanol–water partition coefficient (Wildman–Crippen LogP) is 4.36. The van der Waals surface area contributed by atoms with Crippen molar-refractivity contribution in [2.75, 3.05) is 0 Å². The van der Waals surface area contributed by atoms with Crippen LogP contribution < -0.4 is 10.1 Å². The van der Waals surface area contributed by atoms with Gasteiger partial charge < -0.3 is 14.5 Å². The van der Waals surface area contributed by atoms with E-state index in [4.69, 9.17) is 9.15 Å². The lowest BCUT2D eigenvalue weighted by Crippen LogP contribution is -2.35. The topological polar surface area (TPSA) is 34.4 Å². The van der Waals surface area contributed by atoms with E-state index in [0.717, 1.165) is 29.4 Å². The molecule has 0 bridgehead atoms. The minimum atomic E-state index is 0.0811. The van der Waals surface area contributed by atoms with Crippen molar-refractivity contribution in [2.24, 2.45) is 0 Å². The van der Waals surface area contributed by atoms with Crippen LogP contribution in [-0.4, -0.2) is 5.54 Å². The molecule has 0 spiro atoms. The second kappa shape index (κ2) is 6.35. The average molecular weight is 287 g/mol. The summed E-state index contributed by atoms with van der Waals surface area (Å²) in [7, 11) is 0. The molecule has 0 radical (unpaired) electrons. The van der Waals surface area contributed by atoms with Crippen LogP contribution in [0, 0.1) is 13.8 Å². The van der Waals surface area contributed by atoms with Crippen LogP contribution >= 0.6 is 0 Å². The fraction of sp³-hybridized carbons (Fsp3) is 0.444. The number of nitrogens with one attached hydrogen (secondary N) is 1. The molecule has 1 aromatic carbocycles. The summed E-state index contributed by atoms with van der Waals surface area (Å²) in [4.78, 5) is 0. The predicted molar refractivity (Wildman–Crippen MR) is 85.5 cm³/mol. The third-order valence-electron chi connectivity index (χ3n) is 3.25. The molecule has 1 N–H and O–H groups in total. The first-order valence-electron chi connectivity index (χ1n) is 7.36. The van der Waals surface area contributed by atoms with E-state index in [-0.39, 0.29) is 5.54 Å². The van der Waals surface area contributed by atoms with Gasteiger partial charge in [-0.3, -0.25) is 0 Å². The van der Waals surface area contributed by atoms with Crippen LogP contribution in [0.1, 0.15) is 43.4 Å². The van der Waals surface area contributed by atoms with E-state index in [0.29, 0.717) is 6.61 Å². The number of rotatable bonds is 5. The summed E-state index contributed by atoms with van der Waals surface area (Å²) in [6, 6.07) is 10.1. The van der Waals surface area contributed by atoms with Gasteiger partial charge >= 0.3 is 0 Å². The fourth-order valence-electron chi connectivity index (χ4n) is 1.97. The molecule has 0 aliphatic carbocycles. The van der Waals surface area contributed by atoms with E-state index < -0.39 is 0 Å². The maximum atomic E-state index is 5.87. The molecule has 3 heteroatoms. The average Bonchev–Trinajstić information content (AvgIpc) is 2.76. The van der Waals surface area contributed by atoms with Crippen LogP contribution in [0.25, 0.3) is 0 Å². The van der Waals surface area contributed by atoms with Gasteiger partial charge in [-0.05, 0) is 58.4 Å². The van der Waals surface area contributed by atoms with E-state index in [1.807, 2.05) is 30.3 Å². The van der Waals surface area contributed by atoms with Crippen molar-refractivity contribution in [3.63, 3.8) is 0 Å². The quantitative estimate of drug-likeness (QED) is 0.887. The van der Waals surface area contributed by atoms with Crippen LogP contribution in [-0.2, 0) is 13.2 Å². The van der Waals surface area contributed by atoms with Crippen molar-refractivity contribution in [1.29, 1.82) is 0 Å². The number of hydrogen-bond donors (Lipinski definition) is 1. The Kier molecular flexibility index (Phi) is 4.73. The normalized spacial score (nSPS) is 11.7. The largest absolute Gasteiger partial charge is 0.486 e. The molecular formula is C18H25NO2. The second-order valence-electron chi connectivity index (χ2n) is 6.52. The van der Waals surface area contributed by atoms with E-state index in [1.165, 1.54) is 5.56 Å². The summed E-state index contributed by atoms with van der Waals surface area (Å²) in [6.07, 6.45) is 0. The fourth-order valence-corrected chi connectivity index (χ4v) is 1.97. The van der Waals surface area contributed by atoms with E-state index in [2.05, 4.69) is 39.9 Å². The highest BCUT2D eigenvalue weighted by Crippen LogP contribution is 2.18. The van der Waals surface area contributed by atoms with Crippen LogP contribution in [0.15, 0.2) is 34.7 Å². The molecule has 0 unspecified atom stereocenters. The van der Waals surface area contributed by atoms with Gasteiger partial charge in [-0.1, -0.05) is 17.7 Å². The molecular weight excluding hydrogens is 262 g/mol. The first-order chi connectivity index (χ1) is 9.83. The van der Waals surface area contributed by atoms with Gasteiger partial charge in [-0.2, -0.15) is 0 Å². The summed E-state index contributed by atoms with van der Waals surface area (Å²) in [5.74, 6) is 2.70. The molecule has 2 rings (SSSR count). The molecule has 0 amide bonds. The maximum absolute atomic E-state index is 5.87. The van der Waals surface area contributed by atoms with Crippen LogP contribution in [0.3, 0.4) is 0 Å². The lowest BCUT2D eigenvalue weighted by atomic mass is 10.1. The summed E-state index contributed by atoms with van der Waals surface area (Å²) >= 11 is 0. The highest BCUT2D eigenvalue weighted by atomic mass is 16.5. The van der Waals surface area contributed by atoms with E-state index in [9.17, 15) is 0 Å². The summed E-state index contributed by atoms with van der Waals surface area (Å²) < 4.78 is 11.6. The van der Waals surface area contributed by atoms with Gasteiger partial charge in [0.05, 0.1) is 6.54 Å². The first-order valence-corrected chi connectivity index (χ1v) is 7.36. The molecule has 0 saturated heterocycles. The van der Waals surface area contributed by atoms with Gasteiger partial charge in [0.1, 0.15) is 23.9 Å². The number of aryl methyl sites for hydroxylation is 2. The minimum absolute atomic E-state index is 0.0811. The Hall–Kier alpha value is -1.74.